The zero-order valence-electron chi connectivity index (χ0n) is 20.7. The Bertz CT molecular complexity index is 1070. The molecule has 4 bridgehead atoms. The van der Waals surface area contributed by atoms with Gasteiger partial charge >= 0.3 is 0 Å². The SMILES string of the molecule is COc1ccc(C(=O)NNC(=O)CC23CC4CC(CC(C4)C2)C3)cc1S(=O)(=O)N1CCCC[C@@H]1C. The number of nitrogens with zero attached hydrogens (tertiary/aromatic N) is 1. The maximum atomic E-state index is 13.4. The van der Waals surface area contributed by atoms with E-state index < -0.39 is 15.9 Å². The van der Waals surface area contributed by atoms with Crippen LogP contribution < -0.4 is 15.6 Å². The van der Waals surface area contributed by atoms with Crippen molar-refractivity contribution in [1.82, 2.24) is 15.2 Å². The summed E-state index contributed by atoms with van der Waals surface area (Å²) in [5.74, 6) is 1.74. The summed E-state index contributed by atoms with van der Waals surface area (Å²) in [6.07, 6.45) is 10.4. The number of carbonyl (C=O) groups is 2. The topological polar surface area (TPSA) is 105 Å². The van der Waals surface area contributed by atoms with E-state index in [4.69, 9.17) is 4.74 Å². The lowest BCUT2D eigenvalue weighted by Gasteiger charge is -2.56. The van der Waals surface area contributed by atoms with E-state index in [1.54, 1.807) is 0 Å². The minimum atomic E-state index is -3.83. The second-order valence-electron chi connectivity index (χ2n) is 11.4. The predicted octanol–water partition coefficient (Wildman–Crippen LogP) is 3.63. The van der Waals surface area contributed by atoms with E-state index in [0.29, 0.717) is 13.0 Å². The molecule has 5 aliphatic rings. The van der Waals surface area contributed by atoms with Crippen LogP contribution >= 0.6 is 0 Å². The second-order valence-corrected chi connectivity index (χ2v) is 13.3. The molecule has 8 nitrogen and oxygen atoms in total. The van der Waals surface area contributed by atoms with Crippen LogP contribution in [0.4, 0.5) is 0 Å². The van der Waals surface area contributed by atoms with Crippen molar-refractivity contribution in [3.8, 4) is 5.75 Å². The fourth-order valence-electron chi connectivity index (χ4n) is 7.66. The number of hydrazine groups is 1. The molecule has 1 heterocycles. The molecule has 192 valence electrons. The van der Waals surface area contributed by atoms with Crippen molar-refractivity contribution >= 4 is 21.8 Å². The van der Waals surface area contributed by atoms with Gasteiger partial charge in [-0.25, -0.2) is 8.42 Å². The van der Waals surface area contributed by atoms with Gasteiger partial charge in [-0.1, -0.05) is 6.42 Å². The van der Waals surface area contributed by atoms with Crippen LogP contribution in [0.1, 0.15) is 81.5 Å². The molecule has 35 heavy (non-hydrogen) atoms. The van der Waals surface area contributed by atoms with Crippen LogP contribution in [-0.2, 0) is 14.8 Å². The molecule has 0 spiro atoms. The van der Waals surface area contributed by atoms with E-state index >= 15 is 0 Å². The summed E-state index contributed by atoms with van der Waals surface area (Å²) >= 11 is 0. The third-order valence-electron chi connectivity index (χ3n) is 8.77. The maximum Gasteiger partial charge on any atom is 0.269 e. The first-order chi connectivity index (χ1) is 16.7. The first-order valence-electron chi connectivity index (χ1n) is 13.0. The number of sulfonamides is 1. The van der Waals surface area contributed by atoms with Crippen molar-refractivity contribution < 1.29 is 22.7 Å². The summed E-state index contributed by atoms with van der Waals surface area (Å²) in [4.78, 5) is 25.6. The van der Waals surface area contributed by atoms with Crippen LogP contribution in [0.2, 0.25) is 0 Å². The van der Waals surface area contributed by atoms with Crippen LogP contribution in [0.5, 0.6) is 5.75 Å². The first kappa shape index (κ1) is 24.6. The summed E-state index contributed by atoms with van der Waals surface area (Å²) in [7, 11) is -2.42. The molecule has 2 N–H and O–H groups in total. The highest BCUT2D eigenvalue weighted by Crippen LogP contribution is 2.61. The van der Waals surface area contributed by atoms with Gasteiger partial charge in [0.1, 0.15) is 10.6 Å². The average molecular weight is 504 g/mol. The largest absolute Gasteiger partial charge is 0.495 e. The van der Waals surface area contributed by atoms with Gasteiger partial charge in [0.15, 0.2) is 0 Å². The van der Waals surface area contributed by atoms with Crippen LogP contribution in [-0.4, -0.2) is 44.2 Å². The van der Waals surface area contributed by atoms with E-state index in [-0.39, 0.29) is 33.6 Å². The number of amides is 2. The first-order valence-corrected chi connectivity index (χ1v) is 14.4. The summed E-state index contributed by atoms with van der Waals surface area (Å²) in [5.41, 5.74) is 5.32. The molecule has 1 aromatic rings. The lowest BCUT2D eigenvalue weighted by molar-refractivity contribution is -0.130. The number of methoxy groups -OCH3 is 1. The van der Waals surface area contributed by atoms with Crippen LogP contribution in [0.3, 0.4) is 0 Å². The van der Waals surface area contributed by atoms with Gasteiger partial charge in [-0.05, 0) is 99.7 Å². The van der Waals surface area contributed by atoms with Gasteiger partial charge in [0, 0.05) is 24.6 Å². The molecule has 0 aromatic heterocycles. The molecule has 0 radical (unpaired) electrons. The Balaban J connectivity index is 1.25. The van der Waals surface area contributed by atoms with Gasteiger partial charge in [0.05, 0.1) is 7.11 Å². The highest BCUT2D eigenvalue weighted by atomic mass is 32.2. The van der Waals surface area contributed by atoms with E-state index in [1.165, 1.54) is 48.9 Å². The highest BCUT2D eigenvalue weighted by molar-refractivity contribution is 7.89. The van der Waals surface area contributed by atoms with Gasteiger partial charge in [0.25, 0.3) is 5.91 Å². The molecule has 2 amide bonds. The number of benzene rings is 1. The molecule has 4 saturated carbocycles. The highest BCUT2D eigenvalue weighted by Gasteiger charge is 2.51. The van der Waals surface area contributed by atoms with E-state index in [9.17, 15) is 18.0 Å². The molecule has 5 fully saturated rings. The quantitative estimate of drug-likeness (QED) is 0.577. The lowest BCUT2D eigenvalue weighted by atomic mass is 9.49. The molecule has 9 heteroatoms. The smallest absolute Gasteiger partial charge is 0.269 e. The summed E-state index contributed by atoms with van der Waals surface area (Å²) < 4.78 is 33.6. The Labute approximate surface area is 208 Å². The normalized spacial score (nSPS) is 32.3. The monoisotopic (exact) mass is 503 g/mol. The molecule has 1 saturated heterocycles. The molecule has 0 unspecified atom stereocenters. The molecule has 4 aliphatic carbocycles. The average Bonchev–Trinajstić information content (AvgIpc) is 2.81. The fourth-order valence-corrected chi connectivity index (χ4v) is 9.55. The third kappa shape index (κ3) is 4.81. The minimum absolute atomic E-state index is 0.0266. The lowest BCUT2D eigenvalue weighted by Crippen LogP contribution is -2.50. The predicted molar refractivity (Wildman–Crippen MR) is 131 cm³/mol. The van der Waals surface area contributed by atoms with Crippen molar-refractivity contribution in [3.63, 3.8) is 0 Å². The van der Waals surface area contributed by atoms with Gasteiger partial charge in [-0.3, -0.25) is 20.4 Å². The van der Waals surface area contributed by atoms with Crippen LogP contribution in [0, 0.1) is 23.2 Å². The molecule has 1 aliphatic heterocycles. The Morgan fingerprint density at radius 3 is 2.31 bits per heavy atom. The van der Waals surface area contributed by atoms with Crippen LogP contribution in [0.15, 0.2) is 23.1 Å². The number of nitrogens with one attached hydrogen (secondary N) is 2. The van der Waals surface area contributed by atoms with Crippen molar-refractivity contribution in [2.24, 2.45) is 23.2 Å². The van der Waals surface area contributed by atoms with Crippen molar-refractivity contribution in [2.45, 2.75) is 82.1 Å². The number of rotatable bonds is 6. The Morgan fingerprint density at radius 1 is 1.06 bits per heavy atom. The molecular formula is C26H37N3O5S. The van der Waals surface area contributed by atoms with Gasteiger partial charge in [-0.2, -0.15) is 4.31 Å². The Kier molecular flexibility index (Phi) is 6.59. The zero-order chi connectivity index (χ0) is 24.8. The molecular weight excluding hydrogens is 466 g/mol. The number of piperidine rings is 1. The molecule has 1 atom stereocenters. The number of ether oxygens (including phenoxy) is 1. The Hall–Kier alpha value is -2.13. The zero-order valence-corrected chi connectivity index (χ0v) is 21.5. The second kappa shape index (κ2) is 9.39. The minimum Gasteiger partial charge on any atom is -0.495 e. The summed E-state index contributed by atoms with van der Waals surface area (Å²) in [5, 5.41) is 0. The van der Waals surface area contributed by atoms with Crippen molar-refractivity contribution in [2.75, 3.05) is 13.7 Å². The third-order valence-corrected chi connectivity index (χ3v) is 10.8. The van der Waals surface area contributed by atoms with E-state index in [1.807, 2.05) is 6.92 Å². The standard InChI is InChI=1S/C26H37N3O5S/c1-17-5-3-4-8-29(17)35(32,33)23-12-21(6-7-22(23)34-2)25(31)28-27-24(30)16-26-13-18-9-19(14-26)11-20(10-18)15-26/h6-7,12,17-20H,3-5,8-11,13-16H2,1-2H3,(H,27,30)(H,28,31)/t17-,18?,19?,20?,26?/m0/s1. The molecule has 1 aromatic carbocycles. The van der Waals surface area contributed by atoms with E-state index in [2.05, 4.69) is 10.9 Å². The van der Waals surface area contributed by atoms with Gasteiger partial charge in [-0.15, -0.1) is 0 Å². The van der Waals surface area contributed by atoms with Crippen LogP contribution in [0.25, 0.3) is 0 Å². The maximum absolute atomic E-state index is 13.4. The number of carbonyl (C=O) groups excluding carboxylic acids is 2. The van der Waals surface area contributed by atoms with Gasteiger partial charge < -0.3 is 4.74 Å². The summed E-state index contributed by atoms with van der Waals surface area (Å²) in [6.45, 7) is 2.35. The Morgan fingerprint density at radius 2 is 1.71 bits per heavy atom. The number of hydrogen-bond acceptors (Lipinski definition) is 5. The van der Waals surface area contributed by atoms with Gasteiger partial charge in [0.2, 0.25) is 15.9 Å². The molecule has 6 rings (SSSR count). The summed E-state index contributed by atoms with van der Waals surface area (Å²) in [6, 6.07) is 4.24. The number of hydrogen-bond donors (Lipinski definition) is 2. The van der Waals surface area contributed by atoms with E-state index in [0.717, 1.165) is 56.3 Å². The van der Waals surface area contributed by atoms with Crippen molar-refractivity contribution in [1.29, 1.82) is 0 Å². The fraction of sp³-hybridized carbons (Fsp3) is 0.692. The van der Waals surface area contributed by atoms with Crippen molar-refractivity contribution in [3.05, 3.63) is 23.8 Å².